The van der Waals surface area contributed by atoms with Gasteiger partial charge in [-0.15, -0.1) is 11.3 Å². The van der Waals surface area contributed by atoms with Gasteiger partial charge in [0.1, 0.15) is 34.3 Å². The van der Waals surface area contributed by atoms with Gasteiger partial charge in [0.05, 0.1) is 12.0 Å². The van der Waals surface area contributed by atoms with E-state index in [4.69, 9.17) is 9.47 Å². The van der Waals surface area contributed by atoms with Gasteiger partial charge in [-0.2, -0.15) is 0 Å². The molecule has 0 saturated carbocycles. The molecular weight excluding hydrogens is 345 g/mol. The monoisotopic (exact) mass is 361 g/mol. The summed E-state index contributed by atoms with van der Waals surface area (Å²) >= 11 is 1.24. The van der Waals surface area contributed by atoms with Crippen LogP contribution in [0.1, 0.15) is 15.2 Å². The number of anilines is 2. The van der Waals surface area contributed by atoms with Crippen molar-refractivity contribution in [2.45, 2.75) is 6.92 Å². The Balaban J connectivity index is 1.94. The number of esters is 1. The first-order valence-corrected chi connectivity index (χ1v) is 8.34. The minimum Gasteiger partial charge on any atom is -0.459 e. The van der Waals surface area contributed by atoms with Crippen LogP contribution in [0.4, 0.5) is 15.9 Å². The van der Waals surface area contributed by atoms with Crippen molar-refractivity contribution in [2.24, 2.45) is 0 Å². The van der Waals surface area contributed by atoms with Crippen molar-refractivity contribution in [1.82, 2.24) is 9.97 Å². The van der Waals surface area contributed by atoms with Gasteiger partial charge < -0.3 is 14.8 Å². The van der Waals surface area contributed by atoms with Crippen molar-refractivity contribution in [3.63, 3.8) is 0 Å². The van der Waals surface area contributed by atoms with E-state index in [9.17, 15) is 9.18 Å². The second-order valence-electron chi connectivity index (χ2n) is 5.22. The largest absolute Gasteiger partial charge is 0.459 e. The number of aryl methyl sites for hydroxylation is 1. The van der Waals surface area contributed by atoms with E-state index in [1.54, 1.807) is 19.2 Å². The number of benzene rings is 1. The third-order valence-electron chi connectivity index (χ3n) is 3.52. The molecule has 0 radical (unpaired) electrons. The molecule has 0 spiro atoms. The fourth-order valence-electron chi connectivity index (χ4n) is 2.35. The zero-order valence-electron chi connectivity index (χ0n) is 13.7. The number of hydrogen-bond donors (Lipinski definition) is 1. The first-order chi connectivity index (χ1) is 12.1. The number of methoxy groups -OCH3 is 1. The first kappa shape index (κ1) is 17.2. The highest BCUT2D eigenvalue weighted by Gasteiger charge is 2.20. The number of thiophene rings is 1. The molecule has 0 amide bonds. The molecule has 0 fully saturated rings. The second kappa shape index (κ2) is 7.54. The normalized spacial score (nSPS) is 10.8. The molecule has 0 saturated heterocycles. The van der Waals surface area contributed by atoms with E-state index >= 15 is 0 Å². The Labute approximate surface area is 147 Å². The summed E-state index contributed by atoms with van der Waals surface area (Å²) in [6, 6.07) is 6.08. The lowest BCUT2D eigenvalue weighted by Gasteiger charge is -2.07. The van der Waals surface area contributed by atoms with Crippen LogP contribution in [0.3, 0.4) is 0 Å². The summed E-state index contributed by atoms with van der Waals surface area (Å²) < 4.78 is 23.4. The van der Waals surface area contributed by atoms with Crippen LogP contribution in [0.2, 0.25) is 0 Å². The van der Waals surface area contributed by atoms with Crippen LogP contribution in [0, 0.1) is 12.7 Å². The summed E-state index contributed by atoms with van der Waals surface area (Å²) in [5.74, 6) is -0.255. The summed E-state index contributed by atoms with van der Waals surface area (Å²) in [7, 11) is 1.54. The molecular formula is C17H16FN3O3S. The maximum absolute atomic E-state index is 13.4. The van der Waals surface area contributed by atoms with E-state index in [2.05, 4.69) is 15.3 Å². The molecule has 1 N–H and O–H groups in total. The Bertz CT molecular complexity index is 913. The number of carbonyl (C=O) groups is 1. The van der Waals surface area contributed by atoms with Crippen molar-refractivity contribution in [1.29, 1.82) is 0 Å². The Morgan fingerprint density at radius 2 is 2.16 bits per heavy atom. The van der Waals surface area contributed by atoms with E-state index < -0.39 is 5.97 Å². The SMILES string of the molecule is COCCOC(=O)c1sc2ncnc(Nc3cccc(F)c3)c2c1C. The number of nitrogens with one attached hydrogen (secondary N) is 1. The average molecular weight is 361 g/mol. The predicted molar refractivity (Wildman–Crippen MR) is 94.0 cm³/mol. The highest BCUT2D eigenvalue weighted by atomic mass is 32.1. The number of rotatable bonds is 6. The topological polar surface area (TPSA) is 73.3 Å². The zero-order chi connectivity index (χ0) is 17.8. The van der Waals surface area contributed by atoms with Crippen LogP contribution in [0.15, 0.2) is 30.6 Å². The summed E-state index contributed by atoms with van der Waals surface area (Å²) in [6.45, 7) is 2.33. The van der Waals surface area contributed by atoms with Crippen molar-refractivity contribution >= 4 is 39.0 Å². The maximum atomic E-state index is 13.4. The lowest BCUT2D eigenvalue weighted by Crippen LogP contribution is -2.09. The summed E-state index contributed by atoms with van der Waals surface area (Å²) in [5, 5.41) is 3.79. The Hall–Kier alpha value is -2.58. The quantitative estimate of drug-likeness (QED) is 0.533. The van der Waals surface area contributed by atoms with Crippen LogP contribution in [0.25, 0.3) is 10.2 Å². The molecule has 3 rings (SSSR count). The fraction of sp³-hybridized carbons (Fsp3) is 0.235. The molecule has 1 aromatic carbocycles. The lowest BCUT2D eigenvalue weighted by atomic mass is 10.2. The van der Waals surface area contributed by atoms with Gasteiger partial charge in [0.25, 0.3) is 0 Å². The average Bonchev–Trinajstić information content (AvgIpc) is 2.93. The molecule has 0 aliphatic rings. The standard InChI is InChI=1S/C17H16FN3O3S/c1-10-13-15(21-12-5-3-4-11(18)8-12)19-9-20-16(13)25-14(10)17(22)24-7-6-23-2/h3-5,8-9H,6-7H2,1-2H3,(H,19,20,21). The molecule has 130 valence electrons. The number of ether oxygens (including phenoxy) is 2. The van der Waals surface area contributed by atoms with Gasteiger partial charge in [-0.3, -0.25) is 0 Å². The highest BCUT2D eigenvalue weighted by Crippen LogP contribution is 2.34. The third kappa shape index (κ3) is 3.75. The van der Waals surface area contributed by atoms with Crippen LogP contribution >= 0.6 is 11.3 Å². The molecule has 0 atom stereocenters. The van der Waals surface area contributed by atoms with E-state index in [1.807, 2.05) is 6.92 Å². The minimum atomic E-state index is -0.422. The minimum absolute atomic E-state index is 0.184. The number of aromatic nitrogens is 2. The molecule has 8 heteroatoms. The molecule has 6 nitrogen and oxygen atoms in total. The summed E-state index contributed by atoms with van der Waals surface area (Å²) in [5.41, 5.74) is 1.29. The Kier molecular flexibility index (Phi) is 5.20. The van der Waals surface area contributed by atoms with Gasteiger partial charge in [0.2, 0.25) is 0 Å². The van der Waals surface area contributed by atoms with E-state index in [1.165, 1.54) is 29.8 Å². The van der Waals surface area contributed by atoms with Crippen molar-refractivity contribution in [2.75, 3.05) is 25.6 Å². The fourth-order valence-corrected chi connectivity index (χ4v) is 3.39. The molecule has 25 heavy (non-hydrogen) atoms. The molecule has 0 unspecified atom stereocenters. The molecule has 0 aliphatic heterocycles. The van der Waals surface area contributed by atoms with E-state index in [0.717, 1.165) is 10.9 Å². The maximum Gasteiger partial charge on any atom is 0.348 e. The highest BCUT2D eigenvalue weighted by molar-refractivity contribution is 7.20. The summed E-state index contributed by atoms with van der Waals surface area (Å²) in [6.07, 6.45) is 1.40. The summed E-state index contributed by atoms with van der Waals surface area (Å²) in [4.78, 5) is 21.8. The lowest BCUT2D eigenvalue weighted by molar-refractivity contribution is 0.0393. The Morgan fingerprint density at radius 3 is 2.92 bits per heavy atom. The van der Waals surface area contributed by atoms with E-state index in [-0.39, 0.29) is 12.4 Å². The van der Waals surface area contributed by atoms with Gasteiger partial charge in [-0.25, -0.2) is 19.2 Å². The Morgan fingerprint density at radius 1 is 1.32 bits per heavy atom. The van der Waals surface area contributed by atoms with Crippen molar-refractivity contribution in [3.8, 4) is 0 Å². The van der Waals surface area contributed by atoms with Gasteiger partial charge in [-0.1, -0.05) is 6.07 Å². The molecule has 2 aromatic heterocycles. The van der Waals surface area contributed by atoms with Gasteiger partial charge >= 0.3 is 5.97 Å². The molecule has 0 aliphatic carbocycles. The van der Waals surface area contributed by atoms with E-state index in [0.29, 0.717) is 27.8 Å². The van der Waals surface area contributed by atoms with Crippen LogP contribution in [0.5, 0.6) is 0 Å². The molecule has 3 aromatic rings. The zero-order valence-corrected chi connectivity index (χ0v) is 14.5. The molecule has 2 heterocycles. The van der Waals surface area contributed by atoms with Crippen molar-refractivity contribution in [3.05, 3.63) is 46.9 Å². The van der Waals surface area contributed by atoms with Gasteiger partial charge in [-0.05, 0) is 30.7 Å². The van der Waals surface area contributed by atoms with Crippen LogP contribution < -0.4 is 5.32 Å². The predicted octanol–water partition coefficient (Wildman–Crippen LogP) is 3.69. The van der Waals surface area contributed by atoms with Crippen molar-refractivity contribution < 1.29 is 18.7 Å². The van der Waals surface area contributed by atoms with Gasteiger partial charge in [0.15, 0.2) is 0 Å². The number of hydrogen-bond acceptors (Lipinski definition) is 7. The third-order valence-corrected chi connectivity index (χ3v) is 4.70. The molecule has 0 bridgehead atoms. The van der Waals surface area contributed by atoms with Gasteiger partial charge in [0, 0.05) is 12.8 Å². The smallest absolute Gasteiger partial charge is 0.348 e. The number of fused-ring (bicyclic) bond motifs is 1. The number of carbonyl (C=O) groups excluding carboxylic acids is 1. The second-order valence-corrected chi connectivity index (χ2v) is 6.22. The first-order valence-electron chi connectivity index (χ1n) is 7.53. The number of halogens is 1. The van der Waals surface area contributed by atoms with Crippen LogP contribution in [-0.2, 0) is 9.47 Å². The van der Waals surface area contributed by atoms with Crippen LogP contribution in [-0.4, -0.2) is 36.3 Å². The number of nitrogens with zero attached hydrogens (tertiary/aromatic N) is 2.